The SMILES string of the molecule is CCCCCCCCCCCC(=O)NC(=S)Nc1ccc(Oc2ccnc3cc(OC)c(OC)cc23)cc1. The molecular weight excluding hydrogens is 498 g/mol. The predicted molar refractivity (Wildman–Crippen MR) is 158 cm³/mol. The maximum absolute atomic E-state index is 12.2. The van der Waals surface area contributed by atoms with Crippen molar-refractivity contribution in [3.8, 4) is 23.0 Å². The van der Waals surface area contributed by atoms with E-state index in [0.29, 0.717) is 34.5 Å². The number of anilines is 1. The molecule has 0 atom stereocenters. The zero-order valence-electron chi connectivity index (χ0n) is 22.7. The molecule has 204 valence electrons. The van der Waals surface area contributed by atoms with Crippen LogP contribution in [0.4, 0.5) is 5.69 Å². The number of unbranched alkanes of at least 4 members (excludes halogenated alkanes) is 8. The monoisotopic (exact) mass is 537 g/mol. The molecule has 0 saturated heterocycles. The summed E-state index contributed by atoms with van der Waals surface area (Å²) in [7, 11) is 3.19. The van der Waals surface area contributed by atoms with Gasteiger partial charge in [0, 0.05) is 29.8 Å². The summed E-state index contributed by atoms with van der Waals surface area (Å²) in [4.78, 5) is 16.6. The normalized spacial score (nSPS) is 10.7. The molecule has 0 aliphatic rings. The lowest BCUT2D eigenvalue weighted by molar-refractivity contribution is -0.119. The number of pyridine rings is 1. The van der Waals surface area contributed by atoms with E-state index in [4.69, 9.17) is 26.4 Å². The number of carbonyl (C=O) groups excluding carboxylic acids is 1. The van der Waals surface area contributed by atoms with Crippen LogP contribution in [0.15, 0.2) is 48.7 Å². The Morgan fingerprint density at radius 3 is 2.13 bits per heavy atom. The van der Waals surface area contributed by atoms with Crippen LogP contribution in [-0.2, 0) is 4.79 Å². The summed E-state index contributed by atoms with van der Waals surface area (Å²) in [5.74, 6) is 2.46. The van der Waals surface area contributed by atoms with Crippen molar-refractivity contribution < 1.29 is 19.0 Å². The number of fused-ring (bicyclic) bond motifs is 1. The number of ether oxygens (including phenoxy) is 3. The van der Waals surface area contributed by atoms with Gasteiger partial charge in [-0.2, -0.15) is 0 Å². The first-order valence-electron chi connectivity index (χ1n) is 13.4. The zero-order chi connectivity index (χ0) is 27.2. The highest BCUT2D eigenvalue weighted by Gasteiger charge is 2.12. The highest BCUT2D eigenvalue weighted by Crippen LogP contribution is 2.37. The molecule has 3 aromatic rings. The van der Waals surface area contributed by atoms with E-state index in [9.17, 15) is 4.79 Å². The van der Waals surface area contributed by atoms with Gasteiger partial charge in [0.1, 0.15) is 11.5 Å². The maximum atomic E-state index is 12.2. The number of hydrogen-bond acceptors (Lipinski definition) is 6. The van der Waals surface area contributed by atoms with Crippen LogP contribution in [0.3, 0.4) is 0 Å². The first kappa shape index (κ1) is 29.2. The first-order chi connectivity index (χ1) is 18.5. The van der Waals surface area contributed by atoms with Gasteiger partial charge in [0.15, 0.2) is 16.6 Å². The Labute approximate surface area is 231 Å². The maximum Gasteiger partial charge on any atom is 0.226 e. The summed E-state index contributed by atoms with van der Waals surface area (Å²) in [6, 6.07) is 12.8. The van der Waals surface area contributed by atoms with Crippen LogP contribution in [0.2, 0.25) is 0 Å². The number of thiocarbonyl (C=S) groups is 1. The van der Waals surface area contributed by atoms with Gasteiger partial charge in [-0.05, 0) is 55.0 Å². The Morgan fingerprint density at radius 2 is 1.47 bits per heavy atom. The molecule has 2 aromatic carbocycles. The average Bonchev–Trinajstić information content (AvgIpc) is 2.92. The van der Waals surface area contributed by atoms with Crippen LogP contribution in [0.1, 0.15) is 71.1 Å². The first-order valence-corrected chi connectivity index (χ1v) is 13.8. The molecule has 0 unspecified atom stereocenters. The quantitative estimate of drug-likeness (QED) is 0.151. The predicted octanol–water partition coefficient (Wildman–Crippen LogP) is 7.78. The second-order valence-corrected chi connectivity index (χ2v) is 9.65. The Bertz CT molecular complexity index is 1180. The summed E-state index contributed by atoms with van der Waals surface area (Å²) in [6.45, 7) is 2.24. The van der Waals surface area contributed by atoms with Gasteiger partial charge in [-0.15, -0.1) is 0 Å². The summed E-state index contributed by atoms with van der Waals surface area (Å²) in [5.41, 5.74) is 1.50. The summed E-state index contributed by atoms with van der Waals surface area (Å²) < 4.78 is 16.9. The average molecular weight is 538 g/mol. The van der Waals surface area contributed by atoms with E-state index in [0.717, 1.165) is 29.4 Å². The van der Waals surface area contributed by atoms with Crippen LogP contribution < -0.4 is 24.8 Å². The molecule has 38 heavy (non-hydrogen) atoms. The molecule has 1 amide bonds. The molecule has 0 aliphatic heterocycles. The lowest BCUT2D eigenvalue weighted by atomic mass is 10.1. The fourth-order valence-electron chi connectivity index (χ4n) is 4.22. The summed E-state index contributed by atoms with van der Waals surface area (Å²) in [5, 5.41) is 6.93. The molecule has 0 aliphatic carbocycles. The van der Waals surface area contributed by atoms with Crippen molar-refractivity contribution in [2.75, 3.05) is 19.5 Å². The van der Waals surface area contributed by atoms with Crippen molar-refractivity contribution in [1.29, 1.82) is 0 Å². The van der Waals surface area contributed by atoms with Crippen molar-refractivity contribution in [2.45, 2.75) is 71.1 Å². The number of rotatable bonds is 15. The van der Waals surface area contributed by atoms with Gasteiger partial charge in [-0.1, -0.05) is 58.3 Å². The Morgan fingerprint density at radius 1 is 0.842 bits per heavy atom. The fourth-order valence-corrected chi connectivity index (χ4v) is 4.45. The number of nitrogens with zero attached hydrogens (tertiary/aromatic N) is 1. The fraction of sp³-hybridized carbons (Fsp3) is 0.433. The van der Waals surface area contributed by atoms with Crippen LogP contribution in [0.5, 0.6) is 23.0 Å². The molecule has 2 N–H and O–H groups in total. The highest BCUT2D eigenvalue weighted by molar-refractivity contribution is 7.80. The minimum absolute atomic E-state index is 0.0537. The minimum atomic E-state index is -0.0537. The van der Waals surface area contributed by atoms with E-state index in [1.165, 1.54) is 44.9 Å². The molecule has 0 radical (unpaired) electrons. The number of nitrogens with one attached hydrogen (secondary N) is 2. The summed E-state index contributed by atoms with van der Waals surface area (Å²) in [6.07, 6.45) is 13.2. The van der Waals surface area contributed by atoms with Crippen molar-refractivity contribution in [1.82, 2.24) is 10.3 Å². The number of hydrogen-bond donors (Lipinski definition) is 2. The van der Waals surface area contributed by atoms with Gasteiger partial charge in [-0.3, -0.25) is 9.78 Å². The third kappa shape index (κ3) is 9.17. The van der Waals surface area contributed by atoms with E-state index >= 15 is 0 Å². The summed E-state index contributed by atoms with van der Waals surface area (Å²) >= 11 is 5.31. The molecule has 3 rings (SSSR count). The number of benzene rings is 2. The van der Waals surface area contributed by atoms with Crippen LogP contribution in [-0.4, -0.2) is 30.2 Å². The molecule has 1 heterocycles. The Kier molecular flexibility index (Phi) is 12.1. The number of methoxy groups -OCH3 is 2. The number of carbonyl (C=O) groups is 1. The third-order valence-electron chi connectivity index (χ3n) is 6.31. The largest absolute Gasteiger partial charge is 0.493 e. The van der Waals surface area contributed by atoms with Gasteiger partial charge in [-0.25, -0.2) is 0 Å². The highest BCUT2D eigenvalue weighted by atomic mass is 32.1. The van der Waals surface area contributed by atoms with Crippen LogP contribution in [0, 0.1) is 0 Å². The van der Waals surface area contributed by atoms with Crippen molar-refractivity contribution in [3.05, 3.63) is 48.7 Å². The molecule has 0 saturated carbocycles. The lowest BCUT2D eigenvalue weighted by Gasteiger charge is -2.13. The molecule has 0 bridgehead atoms. The van der Waals surface area contributed by atoms with Crippen molar-refractivity contribution >= 4 is 39.8 Å². The van der Waals surface area contributed by atoms with Gasteiger partial charge in [0.2, 0.25) is 5.91 Å². The van der Waals surface area contributed by atoms with E-state index in [1.807, 2.05) is 36.4 Å². The van der Waals surface area contributed by atoms with E-state index in [2.05, 4.69) is 22.5 Å². The van der Waals surface area contributed by atoms with E-state index in [-0.39, 0.29) is 5.91 Å². The Hall–Kier alpha value is -3.39. The smallest absolute Gasteiger partial charge is 0.226 e. The number of amides is 1. The van der Waals surface area contributed by atoms with Gasteiger partial charge in [0.25, 0.3) is 0 Å². The van der Waals surface area contributed by atoms with Crippen LogP contribution in [0.25, 0.3) is 10.9 Å². The molecular formula is C30H39N3O4S. The number of aromatic nitrogens is 1. The third-order valence-corrected chi connectivity index (χ3v) is 6.51. The second kappa shape index (κ2) is 15.8. The van der Waals surface area contributed by atoms with Gasteiger partial charge >= 0.3 is 0 Å². The topological polar surface area (TPSA) is 81.7 Å². The standard InChI is InChI=1S/C30H39N3O4S/c1-4-5-6-7-8-9-10-11-12-13-29(34)33-30(38)32-22-14-16-23(17-15-22)37-26-18-19-31-25-21-28(36-3)27(35-2)20-24(25)26/h14-21H,4-13H2,1-3H3,(H2,32,33,34,38). The van der Waals surface area contributed by atoms with E-state index in [1.54, 1.807) is 26.5 Å². The molecule has 8 heteroatoms. The van der Waals surface area contributed by atoms with Crippen molar-refractivity contribution in [3.63, 3.8) is 0 Å². The molecule has 7 nitrogen and oxygen atoms in total. The van der Waals surface area contributed by atoms with Crippen molar-refractivity contribution in [2.24, 2.45) is 0 Å². The second-order valence-electron chi connectivity index (χ2n) is 9.24. The molecule has 0 spiro atoms. The van der Waals surface area contributed by atoms with E-state index < -0.39 is 0 Å². The minimum Gasteiger partial charge on any atom is -0.493 e. The zero-order valence-corrected chi connectivity index (χ0v) is 23.5. The molecule has 1 aromatic heterocycles. The lowest BCUT2D eigenvalue weighted by Crippen LogP contribution is -2.33. The molecule has 0 fully saturated rings. The van der Waals surface area contributed by atoms with Gasteiger partial charge < -0.3 is 24.8 Å². The van der Waals surface area contributed by atoms with Gasteiger partial charge in [0.05, 0.1) is 19.7 Å². The Balaban J connectivity index is 1.44. The van der Waals surface area contributed by atoms with Crippen LogP contribution >= 0.6 is 12.2 Å².